The molecule has 108 valence electrons. The Morgan fingerprint density at radius 1 is 1.37 bits per heavy atom. The summed E-state index contributed by atoms with van der Waals surface area (Å²) in [5, 5.41) is 0. The Balaban J connectivity index is 3.26. The van der Waals surface area contributed by atoms with Gasteiger partial charge in [0.05, 0.1) is 0 Å². The van der Waals surface area contributed by atoms with Crippen molar-refractivity contribution in [2.45, 2.75) is 39.4 Å². The number of alkyl halides is 3. The second kappa shape index (κ2) is 6.05. The van der Waals surface area contributed by atoms with Gasteiger partial charge in [0.25, 0.3) is 0 Å². The first kappa shape index (κ1) is 15.5. The van der Waals surface area contributed by atoms with E-state index in [1.54, 1.807) is 4.90 Å². The van der Waals surface area contributed by atoms with Gasteiger partial charge in [-0.3, -0.25) is 0 Å². The minimum absolute atomic E-state index is 0.0564. The van der Waals surface area contributed by atoms with Gasteiger partial charge in [-0.25, -0.2) is 15.8 Å². The zero-order chi connectivity index (χ0) is 14.6. The van der Waals surface area contributed by atoms with Crippen molar-refractivity contribution in [2.24, 2.45) is 5.84 Å². The number of aromatic nitrogens is 2. The zero-order valence-corrected chi connectivity index (χ0v) is 11.1. The molecule has 0 saturated heterocycles. The van der Waals surface area contributed by atoms with Gasteiger partial charge in [0.2, 0.25) is 5.82 Å². The molecule has 0 radical (unpaired) electrons. The first-order valence-corrected chi connectivity index (χ1v) is 6.03. The summed E-state index contributed by atoms with van der Waals surface area (Å²) in [7, 11) is 0. The lowest BCUT2D eigenvalue weighted by Crippen LogP contribution is -2.34. The topological polar surface area (TPSA) is 67.1 Å². The average Bonchev–Trinajstić information content (AvgIpc) is 2.37. The Hall–Kier alpha value is -1.57. The van der Waals surface area contributed by atoms with E-state index in [9.17, 15) is 13.2 Å². The molecule has 19 heavy (non-hydrogen) atoms. The lowest BCUT2D eigenvalue weighted by atomic mass is 10.2. The standard InChI is InChI=1S/C11H18F3N5/c1-4-7(3)19(5-2)9-6-8(18-15)16-10(17-9)11(12,13)14/h6-7H,4-5,15H2,1-3H3,(H,16,17,18). The molecule has 0 aliphatic rings. The summed E-state index contributed by atoms with van der Waals surface area (Å²) in [5.41, 5.74) is 2.14. The maximum Gasteiger partial charge on any atom is 0.451 e. The Labute approximate surface area is 110 Å². The van der Waals surface area contributed by atoms with Gasteiger partial charge in [0, 0.05) is 18.7 Å². The molecule has 0 amide bonds. The molecule has 8 heteroatoms. The predicted octanol–water partition coefficient (Wildman–Crippen LogP) is 2.41. The van der Waals surface area contributed by atoms with Crippen molar-refractivity contribution in [1.82, 2.24) is 9.97 Å². The summed E-state index contributed by atoms with van der Waals surface area (Å²) in [6, 6.07) is 1.48. The van der Waals surface area contributed by atoms with Crippen LogP contribution in [0.3, 0.4) is 0 Å². The van der Waals surface area contributed by atoms with Gasteiger partial charge in [0.15, 0.2) is 0 Å². The Kier molecular flexibility index (Phi) is 4.93. The van der Waals surface area contributed by atoms with Crippen LogP contribution in [-0.2, 0) is 6.18 Å². The highest BCUT2D eigenvalue weighted by Gasteiger charge is 2.36. The van der Waals surface area contributed by atoms with E-state index in [0.29, 0.717) is 6.54 Å². The van der Waals surface area contributed by atoms with E-state index in [1.165, 1.54) is 6.07 Å². The molecular weight excluding hydrogens is 259 g/mol. The van der Waals surface area contributed by atoms with E-state index in [2.05, 4.69) is 15.4 Å². The van der Waals surface area contributed by atoms with E-state index in [1.807, 2.05) is 20.8 Å². The molecule has 5 nitrogen and oxygen atoms in total. The van der Waals surface area contributed by atoms with Crippen LogP contribution < -0.4 is 16.2 Å². The minimum atomic E-state index is -4.60. The second-order valence-corrected chi connectivity index (χ2v) is 4.12. The molecule has 0 bridgehead atoms. The molecule has 0 aliphatic heterocycles. The van der Waals surface area contributed by atoms with Gasteiger partial charge in [-0.15, -0.1) is 0 Å². The normalized spacial score (nSPS) is 13.2. The van der Waals surface area contributed by atoms with Gasteiger partial charge in [0.1, 0.15) is 11.6 Å². The quantitative estimate of drug-likeness (QED) is 0.639. The van der Waals surface area contributed by atoms with Crippen molar-refractivity contribution in [3.05, 3.63) is 11.9 Å². The molecule has 1 aromatic heterocycles. The highest BCUT2D eigenvalue weighted by molar-refractivity contribution is 5.49. The molecule has 0 spiro atoms. The molecule has 1 unspecified atom stereocenters. The number of rotatable bonds is 5. The summed E-state index contributed by atoms with van der Waals surface area (Å²) in [6.45, 7) is 6.29. The van der Waals surface area contributed by atoms with Crippen molar-refractivity contribution >= 4 is 11.6 Å². The van der Waals surface area contributed by atoms with E-state index in [4.69, 9.17) is 5.84 Å². The number of halogens is 3. The second-order valence-electron chi connectivity index (χ2n) is 4.12. The third kappa shape index (κ3) is 3.69. The lowest BCUT2D eigenvalue weighted by molar-refractivity contribution is -0.144. The molecule has 0 saturated carbocycles. The van der Waals surface area contributed by atoms with Crippen LogP contribution in [0.25, 0.3) is 0 Å². The number of hydrazine groups is 1. The number of nitrogens with one attached hydrogen (secondary N) is 1. The smallest absolute Gasteiger partial charge is 0.354 e. The molecular formula is C11H18F3N5. The van der Waals surface area contributed by atoms with Crippen LogP contribution in [-0.4, -0.2) is 22.6 Å². The van der Waals surface area contributed by atoms with Gasteiger partial charge in [-0.2, -0.15) is 13.2 Å². The van der Waals surface area contributed by atoms with Crippen molar-refractivity contribution in [3.63, 3.8) is 0 Å². The third-order valence-electron chi connectivity index (χ3n) is 2.87. The lowest BCUT2D eigenvalue weighted by Gasteiger charge is -2.28. The summed E-state index contributed by atoms with van der Waals surface area (Å²) in [6.07, 6.45) is -3.80. The van der Waals surface area contributed by atoms with Crippen molar-refractivity contribution in [2.75, 3.05) is 16.9 Å². The number of hydrogen-bond donors (Lipinski definition) is 2. The Morgan fingerprint density at radius 2 is 2.00 bits per heavy atom. The summed E-state index contributed by atoms with van der Waals surface area (Å²) in [5.74, 6) is 4.12. The first-order valence-electron chi connectivity index (χ1n) is 6.03. The molecule has 0 fully saturated rings. The van der Waals surface area contributed by atoms with Crippen LogP contribution in [0.5, 0.6) is 0 Å². The van der Waals surface area contributed by atoms with Gasteiger partial charge in [-0.1, -0.05) is 6.92 Å². The SMILES string of the molecule is CCC(C)N(CC)c1cc(NN)nc(C(F)(F)F)n1. The number of hydrogen-bond acceptors (Lipinski definition) is 5. The van der Waals surface area contributed by atoms with E-state index in [0.717, 1.165) is 6.42 Å². The highest BCUT2D eigenvalue weighted by atomic mass is 19.4. The molecule has 1 aromatic rings. The van der Waals surface area contributed by atoms with Crippen LogP contribution in [0.15, 0.2) is 6.07 Å². The maximum atomic E-state index is 12.7. The fourth-order valence-electron chi connectivity index (χ4n) is 1.70. The molecule has 3 N–H and O–H groups in total. The number of nitrogen functional groups attached to an aromatic ring is 1. The van der Waals surface area contributed by atoms with Crippen LogP contribution in [0.1, 0.15) is 33.0 Å². The molecule has 0 aromatic carbocycles. The largest absolute Gasteiger partial charge is 0.451 e. The number of nitrogens with zero attached hydrogens (tertiary/aromatic N) is 3. The molecule has 1 rings (SSSR count). The monoisotopic (exact) mass is 277 g/mol. The maximum absolute atomic E-state index is 12.7. The van der Waals surface area contributed by atoms with Gasteiger partial charge >= 0.3 is 6.18 Å². The first-order chi connectivity index (χ1) is 8.83. The summed E-state index contributed by atoms with van der Waals surface area (Å²) < 4.78 is 38.2. The number of anilines is 2. The van der Waals surface area contributed by atoms with E-state index >= 15 is 0 Å². The molecule has 1 heterocycles. The summed E-state index contributed by atoms with van der Waals surface area (Å²) >= 11 is 0. The zero-order valence-electron chi connectivity index (χ0n) is 11.1. The number of nitrogens with two attached hydrogens (primary N) is 1. The predicted molar refractivity (Wildman–Crippen MR) is 67.6 cm³/mol. The fraction of sp³-hybridized carbons (Fsp3) is 0.636. The van der Waals surface area contributed by atoms with Gasteiger partial charge in [-0.05, 0) is 20.3 Å². The van der Waals surface area contributed by atoms with Crippen LogP contribution in [0.4, 0.5) is 24.8 Å². The Bertz CT molecular complexity index is 421. The fourth-order valence-corrected chi connectivity index (χ4v) is 1.70. The minimum Gasteiger partial charge on any atom is -0.354 e. The summed E-state index contributed by atoms with van der Waals surface area (Å²) in [4.78, 5) is 8.69. The average molecular weight is 277 g/mol. The van der Waals surface area contributed by atoms with Crippen LogP contribution in [0, 0.1) is 0 Å². The highest BCUT2D eigenvalue weighted by Crippen LogP contribution is 2.29. The van der Waals surface area contributed by atoms with E-state index in [-0.39, 0.29) is 17.7 Å². The van der Waals surface area contributed by atoms with Crippen molar-refractivity contribution in [3.8, 4) is 0 Å². The third-order valence-corrected chi connectivity index (χ3v) is 2.87. The van der Waals surface area contributed by atoms with Gasteiger partial charge < -0.3 is 10.3 Å². The van der Waals surface area contributed by atoms with E-state index < -0.39 is 12.0 Å². The van der Waals surface area contributed by atoms with Crippen LogP contribution >= 0.6 is 0 Å². The van der Waals surface area contributed by atoms with Crippen LogP contribution in [0.2, 0.25) is 0 Å². The Morgan fingerprint density at radius 3 is 2.42 bits per heavy atom. The molecule has 0 aliphatic carbocycles. The van der Waals surface area contributed by atoms with Crippen molar-refractivity contribution in [1.29, 1.82) is 0 Å². The molecule has 1 atom stereocenters. The van der Waals surface area contributed by atoms with Crippen molar-refractivity contribution < 1.29 is 13.2 Å².